The van der Waals surface area contributed by atoms with Crippen LogP contribution in [0.5, 0.6) is 0 Å². The molecule has 0 fully saturated rings. The Morgan fingerprint density at radius 3 is 2.53 bits per heavy atom. The summed E-state index contributed by atoms with van der Waals surface area (Å²) in [6.45, 7) is 6.24. The molecule has 0 aliphatic carbocycles. The van der Waals surface area contributed by atoms with Crippen LogP contribution in [0.25, 0.3) is 0 Å². The number of aliphatic imine (C=N–C) groups is 1. The minimum atomic E-state index is 0.983. The topological polar surface area (TPSA) is 30.2 Å². The molecule has 0 saturated carbocycles. The maximum Gasteiger partial charge on any atom is 0.0632 e. The first-order valence-electron chi connectivity index (χ1n) is 5.68. The van der Waals surface area contributed by atoms with E-state index in [9.17, 15) is 0 Å². The molecule has 1 aromatic heterocycles. The molecular formula is C14H17N3. The van der Waals surface area contributed by atoms with Crippen LogP contribution < -0.4 is 0 Å². The number of rotatable bonds is 2. The highest BCUT2D eigenvalue weighted by atomic mass is 15.3. The van der Waals surface area contributed by atoms with E-state index in [2.05, 4.69) is 36.1 Å². The summed E-state index contributed by atoms with van der Waals surface area (Å²) in [6, 6.07) is 6.22. The fourth-order valence-electron chi connectivity index (χ4n) is 1.59. The number of aromatic nitrogens is 2. The van der Waals surface area contributed by atoms with E-state index in [1.807, 2.05) is 37.1 Å². The lowest BCUT2D eigenvalue weighted by atomic mass is 10.1. The van der Waals surface area contributed by atoms with Gasteiger partial charge in [-0.3, -0.25) is 9.67 Å². The normalized spacial score (nSPS) is 11.3. The summed E-state index contributed by atoms with van der Waals surface area (Å²) in [4.78, 5) is 4.47. The minimum absolute atomic E-state index is 0.983. The maximum atomic E-state index is 4.47. The Kier molecular flexibility index (Phi) is 3.09. The molecule has 0 amide bonds. The predicted octanol–water partition coefficient (Wildman–Crippen LogP) is 3.10. The van der Waals surface area contributed by atoms with Crippen LogP contribution in [0.15, 0.2) is 29.4 Å². The molecule has 0 N–H and O–H groups in total. The van der Waals surface area contributed by atoms with Crippen LogP contribution in [0.3, 0.4) is 0 Å². The summed E-state index contributed by atoms with van der Waals surface area (Å²) in [5, 5.41) is 4.19. The van der Waals surface area contributed by atoms with E-state index in [0.29, 0.717) is 0 Å². The quantitative estimate of drug-likeness (QED) is 0.725. The first kappa shape index (κ1) is 11.6. The molecule has 3 heteroatoms. The van der Waals surface area contributed by atoms with Crippen LogP contribution in [0.4, 0.5) is 5.69 Å². The Morgan fingerprint density at radius 2 is 1.94 bits per heavy atom. The molecule has 0 spiro atoms. The van der Waals surface area contributed by atoms with E-state index in [-0.39, 0.29) is 0 Å². The molecule has 0 aliphatic rings. The van der Waals surface area contributed by atoms with Crippen molar-refractivity contribution in [1.82, 2.24) is 9.78 Å². The van der Waals surface area contributed by atoms with Crippen LogP contribution in [0.2, 0.25) is 0 Å². The minimum Gasteiger partial charge on any atom is -0.272 e. The average molecular weight is 227 g/mol. The Labute approximate surface area is 102 Å². The highest BCUT2D eigenvalue weighted by Crippen LogP contribution is 2.17. The van der Waals surface area contributed by atoms with Gasteiger partial charge >= 0.3 is 0 Å². The van der Waals surface area contributed by atoms with Crippen LogP contribution in [-0.2, 0) is 7.05 Å². The molecule has 0 atom stereocenters. The zero-order valence-electron chi connectivity index (χ0n) is 10.7. The second kappa shape index (κ2) is 4.53. The number of hydrogen-bond donors (Lipinski definition) is 0. The first-order chi connectivity index (χ1) is 8.08. The van der Waals surface area contributed by atoms with Gasteiger partial charge in [0.2, 0.25) is 0 Å². The molecule has 1 aromatic carbocycles. The Morgan fingerprint density at radius 1 is 1.18 bits per heavy atom. The molecule has 2 rings (SSSR count). The van der Waals surface area contributed by atoms with Crippen LogP contribution in [0.1, 0.15) is 22.4 Å². The van der Waals surface area contributed by atoms with E-state index in [1.165, 1.54) is 11.1 Å². The van der Waals surface area contributed by atoms with Gasteiger partial charge in [0.05, 0.1) is 11.9 Å². The van der Waals surface area contributed by atoms with E-state index < -0.39 is 0 Å². The van der Waals surface area contributed by atoms with E-state index >= 15 is 0 Å². The van der Waals surface area contributed by atoms with Crippen molar-refractivity contribution in [2.75, 3.05) is 0 Å². The summed E-state index contributed by atoms with van der Waals surface area (Å²) < 4.78 is 1.85. The SMILES string of the molecule is Cc1ccc(N=Cc2cnn(C)c2C)cc1C. The van der Waals surface area contributed by atoms with Gasteiger partial charge in [-0.15, -0.1) is 0 Å². The van der Waals surface area contributed by atoms with Gasteiger partial charge in [0.15, 0.2) is 0 Å². The van der Waals surface area contributed by atoms with Crippen molar-refractivity contribution < 1.29 is 0 Å². The maximum absolute atomic E-state index is 4.47. The molecule has 0 saturated heterocycles. The van der Waals surface area contributed by atoms with Crippen molar-refractivity contribution in [2.45, 2.75) is 20.8 Å². The summed E-state index contributed by atoms with van der Waals surface area (Å²) in [6.07, 6.45) is 3.70. The van der Waals surface area contributed by atoms with Crippen molar-refractivity contribution >= 4 is 11.9 Å². The van der Waals surface area contributed by atoms with Gasteiger partial charge in [-0.25, -0.2) is 0 Å². The molecule has 0 aliphatic heterocycles. The number of benzene rings is 1. The highest BCUT2D eigenvalue weighted by molar-refractivity contribution is 5.82. The standard InChI is InChI=1S/C14H17N3/c1-10-5-6-14(7-11(10)2)15-8-13-9-16-17(4)12(13)3/h5-9H,1-4H3. The number of aryl methyl sites for hydroxylation is 3. The summed E-state index contributed by atoms with van der Waals surface area (Å²) in [5.74, 6) is 0. The predicted molar refractivity (Wildman–Crippen MR) is 71.1 cm³/mol. The largest absolute Gasteiger partial charge is 0.272 e. The number of hydrogen-bond acceptors (Lipinski definition) is 2. The molecule has 88 valence electrons. The van der Waals surface area contributed by atoms with Gasteiger partial charge in [-0.05, 0) is 44.0 Å². The third kappa shape index (κ3) is 2.44. The smallest absolute Gasteiger partial charge is 0.0632 e. The Bertz CT molecular complexity index is 565. The zero-order chi connectivity index (χ0) is 12.4. The Hall–Kier alpha value is -1.90. The summed E-state index contributed by atoms with van der Waals surface area (Å²) in [7, 11) is 1.93. The second-order valence-electron chi connectivity index (χ2n) is 4.34. The monoisotopic (exact) mass is 227 g/mol. The van der Waals surface area contributed by atoms with Crippen LogP contribution >= 0.6 is 0 Å². The van der Waals surface area contributed by atoms with Gasteiger partial charge in [0.1, 0.15) is 0 Å². The molecule has 0 bridgehead atoms. The summed E-state index contributed by atoms with van der Waals surface area (Å²) >= 11 is 0. The van der Waals surface area contributed by atoms with Crippen molar-refractivity contribution in [3.05, 3.63) is 46.8 Å². The van der Waals surface area contributed by atoms with Gasteiger partial charge in [-0.1, -0.05) is 6.07 Å². The first-order valence-corrected chi connectivity index (χ1v) is 5.68. The van der Waals surface area contributed by atoms with E-state index in [0.717, 1.165) is 16.9 Å². The van der Waals surface area contributed by atoms with Gasteiger partial charge in [0, 0.05) is 24.5 Å². The van der Waals surface area contributed by atoms with Crippen molar-refractivity contribution in [2.24, 2.45) is 12.0 Å². The summed E-state index contributed by atoms with van der Waals surface area (Å²) in [5.41, 5.74) is 5.73. The lowest BCUT2D eigenvalue weighted by molar-refractivity contribution is 0.740. The fourth-order valence-corrected chi connectivity index (χ4v) is 1.59. The molecule has 0 radical (unpaired) electrons. The van der Waals surface area contributed by atoms with Crippen molar-refractivity contribution in [3.8, 4) is 0 Å². The van der Waals surface area contributed by atoms with Crippen molar-refractivity contribution in [1.29, 1.82) is 0 Å². The van der Waals surface area contributed by atoms with Gasteiger partial charge in [0.25, 0.3) is 0 Å². The average Bonchev–Trinajstić information content (AvgIpc) is 2.62. The van der Waals surface area contributed by atoms with E-state index in [1.54, 1.807) is 0 Å². The van der Waals surface area contributed by atoms with Gasteiger partial charge in [-0.2, -0.15) is 5.10 Å². The van der Waals surface area contributed by atoms with Crippen LogP contribution in [0, 0.1) is 20.8 Å². The van der Waals surface area contributed by atoms with Crippen molar-refractivity contribution in [3.63, 3.8) is 0 Å². The zero-order valence-corrected chi connectivity index (χ0v) is 10.7. The highest BCUT2D eigenvalue weighted by Gasteiger charge is 2.00. The molecule has 3 nitrogen and oxygen atoms in total. The third-order valence-corrected chi connectivity index (χ3v) is 3.12. The molecule has 2 aromatic rings. The van der Waals surface area contributed by atoms with E-state index in [4.69, 9.17) is 0 Å². The fraction of sp³-hybridized carbons (Fsp3) is 0.286. The molecule has 1 heterocycles. The molecule has 17 heavy (non-hydrogen) atoms. The Balaban J connectivity index is 2.26. The molecule has 0 unspecified atom stereocenters. The lowest BCUT2D eigenvalue weighted by Gasteiger charge is -2.00. The number of nitrogens with zero attached hydrogens (tertiary/aromatic N) is 3. The second-order valence-corrected chi connectivity index (χ2v) is 4.34. The molecular weight excluding hydrogens is 210 g/mol. The van der Waals surface area contributed by atoms with Gasteiger partial charge < -0.3 is 0 Å². The lowest BCUT2D eigenvalue weighted by Crippen LogP contribution is -1.93. The third-order valence-electron chi connectivity index (χ3n) is 3.12. The van der Waals surface area contributed by atoms with Crippen LogP contribution in [-0.4, -0.2) is 16.0 Å².